The Morgan fingerprint density at radius 1 is 0.872 bits per heavy atom. The summed E-state index contributed by atoms with van der Waals surface area (Å²) in [7, 11) is 0. The molecule has 1 heterocycles. The minimum absolute atomic E-state index is 0.0633. The van der Waals surface area contributed by atoms with Crippen LogP contribution < -0.4 is 27.4 Å². The minimum Gasteiger partial charge on any atom is -0.386 e. The molecule has 0 aliphatic heterocycles. The highest BCUT2D eigenvalue weighted by molar-refractivity contribution is 5.90. The number of ether oxygens (including phenoxy) is 1. The van der Waals surface area contributed by atoms with Gasteiger partial charge in [0.05, 0.1) is 12.5 Å². The molecule has 3 aromatic rings. The third-order valence-corrected chi connectivity index (χ3v) is 6.69. The Bertz CT molecular complexity index is 1500. The third-order valence-electron chi connectivity index (χ3n) is 6.69. The van der Waals surface area contributed by atoms with Crippen LogP contribution in [0.1, 0.15) is 43.7 Å². The van der Waals surface area contributed by atoms with E-state index in [0.717, 1.165) is 11.1 Å². The van der Waals surface area contributed by atoms with Gasteiger partial charge in [-0.05, 0) is 48.1 Å². The van der Waals surface area contributed by atoms with E-state index in [-0.39, 0.29) is 31.8 Å². The number of aromatic nitrogens is 1. The zero-order valence-electron chi connectivity index (χ0n) is 25.3. The second-order valence-corrected chi connectivity index (χ2v) is 10.3. The Morgan fingerprint density at radius 3 is 2.19 bits per heavy atom. The first-order valence-corrected chi connectivity index (χ1v) is 14.7. The van der Waals surface area contributed by atoms with E-state index >= 15 is 0 Å². The van der Waals surface area contributed by atoms with Crippen molar-refractivity contribution in [3.63, 3.8) is 0 Å². The lowest BCUT2D eigenvalue weighted by Crippen LogP contribution is -2.48. The third kappa shape index (κ3) is 12.8. The lowest BCUT2D eigenvalue weighted by atomic mass is 9.98. The highest BCUT2D eigenvalue weighted by Crippen LogP contribution is 2.25. The fraction of sp³-hybridized carbons (Fsp3) is 0.312. The quantitative estimate of drug-likeness (QED) is 0.0506. The number of halogens is 3. The molecule has 0 saturated carbocycles. The summed E-state index contributed by atoms with van der Waals surface area (Å²) in [6.45, 7) is 0.595. The molecule has 0 radical (unpaired) electrons. The summed E-state index contributed by atoms with van der Waals surface area (Å²) in [6, 6.07) is 18.9. The van der Waals surface area contributed by atoms with Crippen LogP contribution in [0.25, 0.3) is 11.1 Å². The summed E-state index contributed by atoms with van der Waals surface area (Å²) >= 11 is 0. The highest BCUT2D eigenvalue weighted by Gasteiger charge is 2.42. The molecule has 0 aliphatic carbocycles. The summed E-state index contributed by atoms with van der Waals surface area (Å²) in [5.41, 5.74) is 12.8. The number of benzene rings is 2. The second kappa shape index (κ2) is 17.9. The van der Waals surface area contributed by atoms with Crippen molar-refractivity contribution in [3.8, 4) is 11.1 Å². The predicted molar refractivity (Wildman–Crippen MR) is 168 cm³/mol. The number of carbonyl (C=O) groups is 4. The number of rotatable bonds is 16. The van der Waals surface area contributed by atoms with Crippen LogP contribution in [0.15, 0.2) is 84.0 Å². The summed E-state index contributed by atoms with van der Waals surface area (Å²) < 4.78 is 42.2. The standard InChI is InChI=1S/C32H36F3N7O5/c33-32(34,35)30(46)47-28(44)20-25(23-15-13-22(14-16-23)21-8-2-1-3-9-21)42-29(45)24(10-6-19-40-31(36)37)41-27(43)12-7-18-39-26-11-4-5-17-38-26/h1-5,8-9,11,13-17,24-25H,6-7,10,12,18-20H2,(H,38,39)(H,41,43)(H,42,45)(H4,36,37,40)/t24-,25?/m1/s1. The van der Waals surface area contributed by atoms with Crippen LogP contribution in [0.5, 0.6) is 0 Å². The van der Waals surface area contributed by atoms with E-state index < -0.39 is 48.4 Å². The fourth-order valence-electron chi connectivity index (χ4n) is 4.40. The van der Waals surface area contributed by atoms with Gasteiger partial charge in [0.1, 0.15) is 11.9 Å². The number of guanidine groups is 1. The Morgan fingerprint density at radius 2 is 1.55 bits per heavy atom. The zero-order valence-corrected chi connectivity index (χ0v) is 25.3. The van der Waals surface area contributed by atoms with Crippen LogP contribution in [0.4, 0.5) is 19.0 Å². The summed E-state index contributed by atoms with van der Waals surface area (Å²) in [4.78, 5) is 58.1. The molecule has 2 amide bonds. The van der Waals surface area contributed by atoms with Crippen LogP contribution in [-0.4, -0.2) is 60.0 Å². The lowest BCUT2D eigenvalue weighted by molar-refractivity contribution is -0.202. The molecular weight excluding hydrogens is 619 g/mol. The smallest absolute Gasteiger partial charge is 0.386 e. The van der Waals surface area contributed by atoms with Gasteiger partial charge in [0, 0.05) is 25.7 Å². The molecular formula is C32H36F3N7O5. The van der Waals surface area contributed by atoms with Gasteiger partial charge in [-0.1, -0.05) is 60.7 Å². The molecule has 0 spiro atoms. The van der Waals surface area contributed by atoms with Crippen molar-refractivity contribution in [3.05, 3.63) is 84.6 Å². The number of anilines is 1. The molecule has 1 unspecified atom stereocenters. The molecule has 2 atom stereocenters. The second-order valence-electron chi connectivity index (χ2n) is 10.3. The highest BCUT2D eigenvalue weighted by atomic mass is 19.4. The summed E-state index contributed by atoms with van der Waals surface area (Å²) in [5.74, 6) is -4.84. The largest absolute Gasteiger partial charge is 0.491 e. The maximum Gasteiger partial charge on any atom is 0.491 e. The molecule has 3 rings (SSSR count). The molecule has 2 aromatic carbocycles. The van der Waals surface area contributed by atoms with Crippen LogP contribution in [-0.2, 0) is 23.9 Å². The van der Waals surface area contributed by atoms with E-state index in [1.54, 1.807) is 42.6 Å². The Balaban J connectivity index is 1.74. The number of pyridine rings is 1. The number of esters is 2. The lowest BCUT2D eigenvalue weighted by Gasteiger charge is -2.24. The molecule has 12 nitrogen and oxygen atoms in total. The average molecular weight is 656 g/mol. The number of amides is 2. The van der Waals surface area contributed by atoms with Crippen molar-refractivity contribution in [1.29, 1.82) is 0 Å². The first kappa shape index (κ1) is 36.0. The van der Waals surface area contributed by atoms with Gasteiger partial charge in [0.2, 0.25) is 11.8 Å². The number of alkyl halides is 3. The Labute approximate surface area is 269 Å². The average Bonchev–Trinajstić information content (AvgIpc) is 3.04. The topological polar surface area (TPSA) is 191 Å². The molecule has 1 aromatic heterocycles. The molecule has 0 bridgehead atoms. The first-order valence-electron chi connectivity index (χ1n) is 14.7. The van der Waals surface area contributed by atoms with E-state index in [1.807, 2.05) is 36.4 Å². The van der Waals surface area contributed by atoms with E-state index in [4.69, 9.17) is 11.5 Å². The van der Waals surface area contributed by atoms with Crippen LogP contribution in [0, 0.1) is 0 Å². The van der Waals surface area contributed by atoms with E-state index in [0.29, 0.717) is 24.3 Å². The maximum atomic E-state index is 13.5. The Kier molecular flexibility index (Phi) is 13.7. The van der Waals surface area contributed by atoms with Crippen LogP contribution in [0.2, 0.25) is 0 Å². The number of hydrogen-bond acceptors (Lipinski definition) is 8. The number of nitrogens with one attached hydrogen (secondary N) is 3. The molecule has 0 aliphatic rings. The number of aliphatic imine (C=N–C) groups is 1. The molecule has 7 N–H and O–H groups in total. The van der Waals surface area contributed by atoms with E-state index in [2.05, 4.69) is 30.7 Å². The van der Waals surface area contributed by atoms with Gasteiger partial charge in [-0.15, -0.1) is 0 Å². The number of carbonyl (C=O) groups excluding carboxylic acids is 4. The zero-order chi connectivity index (χ0) is 34.2. The van der Waals surface area contributed by atoms with E-state index in [9.17, 15) is 32.3 Å². The number of nitrogens with two attached hydrogens (primary N) is 2. The molecule has 15 heteroatoms. The molecule has 0 saturated heterocycles. The van der Waals surface area contributed by atoms with Gasteiger partial charge in [-0.3, -0.25) is 19.4 Å². The van der Waals surface area contributed by atoms with Crippen molar-refractivity contribution < 1.29 is 37.1 Å². The van der Waals surface area contributed by atoms with Crippen molar-refractivity contribution in [2.24, 2.45) is 16.5 Å². The van der Waals surface area contributed by atoms with Crippen molar-refractivity contribution in [2.75, 3.05) is 18.4 Å². The maximum absolute atomic E-state index is 13.5. The van der Waals surface area contributed by atoms with Crippen molar-refractivity contribution in [2.45, 2.75) is 50.4 Å². The Hall–Kier alpha value is -5.47. The van der Waals surface area contributed by atoms with Gasteiger partial charge in [-0.25, -0.2) is 9.78 Å². The van der Waals surface area contributed by atoms with Gasteiger partial charge in [0.15, 0.2) is 5.96 Å². The molecule has 0 fully saturated rings. The monoisotopic (exact) mass is 655 g/mol. The van der Waals surface area contributed by atoms with Gasteiger partial charge in [-0.2, -0.15) is 13.2 Å². The van der Waals surface area contributed by atoms with E-state index in [1.165, 1.54) is 0 Å². The molecule has 250 valence electrons. The minimum atomic E-state index is -5.39. The summed E-state index contributed by atoms with van der Waals surface area (Å²) in [6.07, 6.45) is -3.70. The van der Waals surface area contributed by atoms with Crippen molar-refractivity contribution in [1.82, 2.24) is 15.6 Å². The van der Waals surface area contributed by atoms with Crippen LogP contribution in [0.3, 0.4) is 0 Å². The van der Waals surface area contributed by atoms with Gasteiger partial charge < -0.3 is 32.2 Å². The SMILES string of the molecule is NC(N)=NCCC[C@@H](NC(=O)CCCNc1ccccn1)C(=O)NC(CC(=O)OC(=O)C(F)(F)F)c1ccc(-c2ccccc2)cc1. The van der Waals surface area contributed by atoms with Crippen LogP contribution >= 0.6 is 0 Å². The van der Waals surface area contributed by atoms with Gasteiger partial charge >= 0.3 is 18.1 Å². The molecule has 47 heavy (non-hydrogen) atoms. The number of nitrogens with zero attached hydrogens (tertiary/aromatic N) is 2. The summed E-state index contributed by atoms with van der Waals surface area (Å²) in [5, 5.41) is 8.38. The normalized spacial score (nSPS) is 12.2. The van der Waals surface area contributed by atoms with Gasteiger partial charge in [0.25, 0.3) is 0 Å². The fourth-order valence-corrected chi connectivity index (χ4v) is 4.40. The predicted octanol–water partition coefficient (Wildman–Crippen LogP) is 3.36. The number of hydrogen-bond donors (Lipinski definition) is 5. The van der Waals surface area contributed by atoms with Crippen molar-refractivity contribution >= 4 is 35.5 Å². The first-order chi connectivity index (χ1) is 22.4.